The topological polar surface area (TPSA) is 123 Å². The Balaban J connectivity index is 1.63. The number of nitrogen functional groups attached to an aromatic ring is 1. The minimum atomic E-state index is -0.924. The molecule has 2 atom stereocenters. The van der Waals surface area contributed by atoms with Crippen LogP contribution in [0.3, 0.4) is 0 Å². The average molecular weight is 401 g/mol. The Labute approximate surface area is 169 Å². The van der Waals surface area contributed by atoms with Crippen LogP contribution in [0.25, 0.3) is 11.4 Å². The fraction of sp³-hybridized carbons (Fsp3) is 0.579. The molecule has 4 heterocycles. The van der Waals surface area contributed by atoms with Gasteiger partial charge in [0, 0.05) is 32.8 Å². The van der Waals surface area contributed by atoms with Gasteiger partial charge >= 0.3 is 6.09 Å². The fourth-order valence-electron chi connectivity index (χ4n) is 4.06. The molecule has 0 radical (unpaired) electrons. The van der Waals surface area contributed by atoms with Crippen molar-refractivity contribution in [2.24, 2.45) is 0 Å². The molecule has 4 rings (SSSR count). The van der Waals surface area contributed by atoms with E-state index in [-0.39, 0.29) is 18.2 Å². The van der Waals surface area contributed by atoms with Gasteiger partial charge in [-0.25, -0.2) is 14.5 Å². The number of hydrogen-bond donors (Lipinski definition) is 2. The number of aromatic nitrogens is 4. The predicted octanol–water partition coefficient (Wildman–Crippen LogP) is 2.12. The first-order valence-electron chi connectivity index (χ1n) is 9.95. The van der Waals surface area contributed by atoms with Gasteiger partial charge in [0.25, 0.3) is 0 Å². The van der Waals surface area contributed by atoms with E-state index in [0.717, 1.165) is 43.5 Å². The molecule has 2 aromatic heterocycles. The minimum Gasteiger partial charge on any atom is -0.465 e. The maximum atomic E-state index is 11.3. The molecule has 0 spiro atoms. The highest BCUT2D eigenvalue weighted by atomic mass is 16.5. The molecule has 2 saturated heterocycles. The molecule has 3 N–H and O–H groups in total. The van der Waals surface area contributed by atoms with Gasteiger partial charge in [0.05, 0.1) is 23.6 Å². The number of anilines is 2. The maximum absolute atomic E-state index is 11.3. The summed E-state index contributed by atoms with van der Waals surface area (Å²) in [6.45, 7) is 4.00. The predicted molar refractivity (Wildman–Crippen MR) is 108 cm³/mol. The van der Waals surface area contributed by atoms with Crippen molar-refractivity contribution in [3.63, 3.8) is 0 Å². The van der Waals surface area contributed by atoms with Crippen molar-refractivity contribution in [3.05, 3.63) is 17.8 Å². The molecule has 2 aliphatic heterocycles. The van der Waals surface area contributed by atoms with E-state index < -0.39 is 6.09 Å². The zero-order chi connectivity index (χ0) is 20.5. The van der Waals surface area contributed by atoms with Gasteiger partial charge in [-0.1, -0.05) is 0 Å². The van der Waals surface area contributed by atoms with Crippen molar-refractivity contribution in [1.29, 1.82) is 0 Å². The lowest BCUT2D eigenvalue weighted by Crippen LogP contribution is -2.38. The smallest absolute Gasteiger partial charge is 0.407 e. The monoisotopic (exact) mass is 401 g/mol. The molecule has 2 fully saturated rings. The number of amides is 1. The summed E-state index contributed by atoms with van der Waals surface area (Å²) < 4.78 is 7.81. The number of carbonyl (C=O) groups is 1. The molecule has 0 aliphatic carbocycles. The van der Waals surface area contributed by atoms with E-state index in [2.05, 4.69) is 20.0 Å². The van der Waals surface area contributed by atoms with Crippen LogP contribution in [0.1, 0.15) is 37.5 Å². The highest BCUT2D eigenvalue weighted by Gasteiger charge is 2.30. The van der Waals surface area contributed by atoms with Crippen molar-refractivity contribution in [3.8, 4) is 11.4 Å². The summed E-state index contributed by atoms with van der Waals surface area (Å²) in [5.41, 5.74) is 8.61. The van der Waals surface area contributed by atoms with Crippen molar-refractivity contribution < 1.29 is 14.6 Å². The molecule has 10 nitrogen and oxygen atoms in total. The Morgan fingerprint density at radius 3 is 2.90 bits per heavy atom. The lowest BCUT2D eigenvalue weighted by molar-refractivity contribution is -0.0384. The molecule has 0 saturated carbocycles. The van der Waals surface area contributed by atoms with E-state index in [1.807, 2.05) is 23.9 Å². The van der Waals surface area contributed by atoms with Gasteiger partial charge in [0.2, 0.25) is 5.95 Å². The standard InChI is InChI=1S/C19H27N7O3/c1-12-10-21-26(16-5-3-4-8-29-16)17(12)14-9-15(23-18(20)22-14)25-7-6-13(11-25)24(2)19(27)28/h9-10,13,16H,3-8,11H2,1-2H3,(H,27,28)(H2,20,22,23)/t13-,16?/m1/s1. The third-order valence-electron chi connectivity index (χ3n) is 5.72. The summed E-state index contributed by atoms with van der Waals surface area (Å²) in [5.74, 6) is 0.884. The van der Waals surface area contributed by atoms with Gasteiger partial charge in [-0.3, -0.25) is 0 Å². The van der Waals surface area contributed by atoms with Gasteiger partial charge in [0.15, 0.2) is 6.23 Å². The first-order chi connectivity index (χ1) is 13.9. The zero-order valence-corrected chi connectivity index (χ0v) is 16.8. The molecule has 0 aromatic carbocycles. The second-order valence-electron chi connectivity index (χ2n) is 7.69. The quantitative estimate of drug-likeness (QED) is 0.799. The first kappa shape index (κ1) is 19.4. The van der Waals surface area contributed by atoms with Crippen molar-refractivity contribution in [1.82, 2.24) is 24.6 Å². The largest absolute Gasteiger partial charge is 0.465 e. The number of likely N-dealkylation sites (N-methyl/N-ethyl adjacent to an activating group) is 1. The molecular formula is C19H27N7O3. The number of ether oxygens (including phenoxy) is 1. The van der Waals surface area contributed by atoms with E-state index in [9.17, 15) is 9.90 Å². The molecule has 0 bridgehead atoms. The highest BCUT2D eigenvalue weighted by Crippen LogP contribution is 2.32. The third kappa shape index (κ3) is 3.84. The number of rotatable bonds is 4. The van der Waals surface area contributed by atoms with Crippen molar-refractivity contribution >= 4 is 17.9 Å². The lowest BCUT2D eigenvalue weighted by Gasteiger charge is -2.25. The molecule has 29 heavy (non-hydrogen) atoms. The van der Waals surface area contributed by atoms with Gasteiger partial charge in [-0.05, 0) is 38.2 Å². The SMILES string of the molecule is Cc1cnn(C2CCCCO2)c1-c1cc(N2CC[C@@H](N(C)C(=O)O)C2)nc(N)n1. The number of nitrogens with two attached hydrogens (primary N) is 1. The first-order valence-corrected chi connectivity index (χ1v) is 9.95. The number of carboxylic acid groups (broad SMARTS) is 1. The average Bonchev–Trinajstić information content (AvgIpc) is 3.34. The van der Waals surface area contributed by atoms with Crippen molar-refractivity contribution in [2.75, 3.05) is 37.4 Å². The second kappa shape index (κ2) is 7.86. The molecule has 156 valence electrons. The summed E-state index contributed by atoms with van der Waals surface area (Å²) in [4.78, 5) is 23.5. The van der Waals surface area contributed by atoms with E-state index in [4.69, 9.17) is 10.5 Å². The Bertz CT molecular complexity index is 894. The summed E-state index contributed by atoms with van der Waals surface area (Å²) in [7, 11) is 1.60. The molecule has 1 unspecified atom stereocenters. The molecule has 1 amide bonds. The number of aryl methyl sites for hydroxylation is 1. The van der Waals surface area contributed by atoms with E-state index in [0.29, 0.717) is 24.6 Å². The third-order valence-corrected chi connectivity index (χ3v) is 5.72. The zero-order valence-electron chi connectivity index (χ0n) is 16.8. The van der Waals surface area contributed by atoms with Crippen LogP contribution in [0.2, 0.25) is 0 Å². The van der Waals surface area contributed by atoms with E-state index in [1.165, 1.54) is 4.90 Å². The molecular weight excluding hydrogens is 374 g/mol. The summed E-state index contributed by atoms with van der Waals surface area (Å²) in [6, 6.07) is 1.83. The number of hydrogen-bond acceptors (Lipinski definition) is 7. The van der Waals surface area contributed by atoms with Crippen LogP contribution < -0.4 is 10.6 Å². The normalized spacial score (nSPS) is 22.1. The van der Waals surface area contributed by atoms with Gasteiger partial charge < -0.3 is 25.4 Å². The fourth-order valence-corrected chi connectivity index (χ4v) is 4.06. The summed E-state index contributed by atoms with van der Waals surface area (Å²) in [5, 5.41) is 13.8. The van der Waals surface area contributed by atoms with Gasteiger partial charge in [-0.15, -0.1) is 0 Å². The lowest BCUT2D eigenvalue weighted by atomic mass is 10.1. The Kier molecular flexibility index (Phi) is 5.27. The van der Waals surface area contributed by atoms with Crippen LogP contribution in [0.5, 0.6) is 0 Å². The van der Waals surface area contributed by atoms with E-state index in [1.54, 1.807) is 7.05 Å². The van der Waals surface area contributed by atoms with Gasteiger partial charge in [0.1, 0.15) is 5.82 Å². The highest BCUT2D eigenvalue weighted by molar-refractivity contribution is 5.66. The van der Waals surface area contributed by atoms with Crippen molar-refractivity contribution in [2.45, 2.75) is 44.9 Å². The summed E-state index contributed by atoms with van der Waals surface area (Å²) >= 11 is 0. The van der Waals surface area contributed by atoms with Crippen LogP contribution in [0.4, 0.5) is 16.6 Å². The van der Waals surface area contributed by atoms with Crippen LogP contribution in [0, 0.1) is 6.92 Å². The van der Waals surface area contributed by atoms with Crippen LogP contribution >= 0.6 is 0 Å². The number of nitrogens with zero attached hydrogens (tertiary/aromatic N) is 6. The van der Waals surface area contributed by atoms with Crippen LogP contribution in [0.15, 0.2) is 12.3 Å². The second-order valence-corrected chi connectivity index (χ2v) is 7.69. The molecule has 2 aromatic rings. The molecule has 10 heteroatoms. The Morgan fingerprint density at radius 2 is 2.17 bits per heavy atom. The van der Waals surface area contributed by atoms with Gasteiger partial charge in [-0.2, -0.15) is 10.1 Å². The van der Waals surface area contributed by atoms with Crippen LogP contribution in [-0.4, -0.2) is 68.6 Å². The minimum absolute atomic E-state index is 0.0740. The van der Waals surface area contributed by atoms with Crippen LogP contribution in [-0.2, 0) is 4.74 Å². The summed E-state index contributed by atoms with van der Waals surface area (Å²) in [6.07, 6.45) is 4.62. The Hall–Kier alpha value is -2.88. The Morgan fingerprint density at radius 1 is 1.34 bits per heavy atom. The maximum Gasteiger partial charge on any atom is 0.407 e. The van der Waals surface area contributed by atoms with E-state index >= 15 is 0 Å². The molecule has 2 aliphatic rings.